The van der Waals surface area contributed by atoms with Gasteiger partial charge in [0.1, 0.15) is 10.8 Å². The number of halogens is 1. The van der Waals surface area contributed by atoms with E-state index in [1.807, 2.05) is 6.92 Å². The van der Waals surface area contributed by atoms with Crippen molar-refractivity contribution in [3.05, 3.63) is 46.6 Å². The topological polar surface area (TPSA) is 61.9 Å². The summed E-state index contributed by atoms with van der Waals surface area (Å²) in [5.74, 6) is -0.817. The Morgan fingerprint density at radius 1 is 1.18 bits per heavy atom. The average molecular weight is 405 g/mol. The zero-order valence-electron chi connectivity index (χ0n) is 16.0. The van der Waals surface area contributed by atoms with E-state index in [2.05, 4.69) is 15.1 Å². The van der Waals surface area contributed by atoms with E-state index >= 15 is 0 Å². The van der Waals surface area contributed by atoms with Crippen molar-refractivity contribution in [2.75, 3.05) is 49.5 Å². The van der Waals surface area contributed by atoms with E-state index in [1.165, 1.54) is 23.5 Å². The molecule has 1 aliphatic rings. The number of hydrogen-bond donors (Lipinski definition) is 1. The number of carbonyl (C=O) groups excluding carboxylic acids is 2. The standard InChI is InChI=1S/C20H24FN3O3S/c1-3-27-20(26)17-12-14(2)28-19(17)22-18(25)13-23-8-10-24(11-9-23)16-6-4-15(21)5-7-16/h4-7,12H,3,8-11,13H2,1-2H3,(H,22,25). The number of nitrogens with one attached hydrogen (secondary N) is 1. The van der Waals surface area contributed by atoms with Crippen LogP contribution in [0, 0.1) is 12.7 Å². The Bertz CT molecular complexity index is 830. The zero-order valence-corrected chi connectivity index (χ0v) is 16.9. The summed E-state index contributed by atoms with van der Waals surface area (Å²) in [7, 11) is 0. The van der Waals surface area contributed by atoms with Gasteiger partial charge in [-0.3, -0.25) is 9.69 Å². The molecular weight excluding hydrogens is 381 g/mol. The van der Waals surface area contributed by atoms with Crippen molar-refractivity contribution in [2.45, 2.75) is 13.8 Å². The van der Waals surface area contributed by atoms with Gasteiger partial charge < -0.3 is 15.0 Å². The van der Waals surface area contributed by atoms with Crippen molar-refractivity contribution in [2.24, 2.45) is 0 Å². The quantitative estimate of drug-likeness (QED) is 0.749. The molecule has 2 aromatic rings. The van der Waals surface area contributed by atoms with Crippen LogP contribution in [0.5, 0.6) is 0 Å². The molecule has 0 unspecified atom stereocenters. The lowest BCUT2D eigenvalue weighted by Gasteiger charge is -2.35. The van der Waals surface area contributed by atoms with E-state index in [9.17, 15) is 14.0 Å². The number of benzene rings is 1. The highest BCUT2D eigenvalue weighted by Crippen LogP contribution is 2.28. The van der Waals surface area contributed by atoms with Crippen LogP contribution in [0.2, 0.25) is 0 Å². The van der Waals surface area contributed by atoms with Crippen LogP contribution in [-0.4, -0.2) is 56.1 Å². The predicted molar refractivity (Wildman–Crippen MR) is 109 cm³/mol. The molecular formula is C20H24FN3O3S. The number of thiophene rings is 1. The first-order chi connectivity index (χ1) is 13.5. The number of esters is 1. The molecule has 0 aliphatic carbocycles. The number of carbonyl (C=O) groups is 2. The molecule has 2 heterocycles. The number of nitrogens with zero attached hydrogens (tertiary/aromatic N) is 2. The second-order valence-corrected chi connectivity index (χ2v) is 7.86. The number of amides is 1. The molecule has 28 heavy (non-hydrogen) atoms. The normalized spacial score (nSPS) is 14.8. The maximum Gasteiger partial charge on any atom is 0.341 e. The molecule has 1 aromatic carbocycles. The van der Waals surface area contributed by atoms with Gasteiger partial charge in [-0.15, -0.1) is 11.3 Å². The molecule has 1 aliphatic heterocycles. The summed E-state index contributed by atoms with van der Waals surface area (Å²) in [6, 6.07) is 8.19. The van der Waals surface area contributed by atoms with E-state index in [-0.39, 0.29) is 18.3 Å². The lowest BCUT2D eigenvalue weighted by atomic mass is 10.2. The van der Waals surface area contributed by atoms with Crippen LogP contribution < -0.4 is 10.2 Å². The van der Waals surface area contributed by atoms with Gasteiger partial charge in [0, 0.05) is 36.7 Å². The van der Waals surface area contributed by atoms with Crippen molar-refractivity contribution in [1.82, 2.24) is 4.90 Å². The molecule has 0 radical (unpaired) electrons. The highest BCUT2D eigenvalue weighted by molar-refractivity contribution is 7.16. The molecule has 1 saturated heterocycles. The Hall–Kier alpha value is -2.45. The highest BCUT2D eigenvalue weighted by atomic mass is 32.1. The van der Waals surface area contributed by atoms with Crippen molar-refractivity contribution in [1.29, 1.82) is 0 Å². The number of anilines is 2. The average Bonchev–Trinajstić information content (AvgIpc) is 3.03. The number of hydrogen-bond acceptors (Lipinski definition) is 6. The first-order valence-electron chi connectivity index (χ1n) is 9.26. The van der Waals surface area contributed by atoms with E-state index in [0.717, 1.165) is 36.7 Å². The van der Waals surface area contributed by atoms with Gasteiger partial charge in [-0.05, 0) is 44.2 Å². The Labute approximate surface area is 167 Å². The molecule has 1 fully saturated rings. The van der Waals surface area contributed by atoms with Crippen molar-refractivity contribution in [3.8, 4) is 0 Å². The molecule has 1 amide bonds. The van der Waals surface area contributed by atoms with Crippen LogP contribution in [0.4, 0.5) is 15.1 Å². The number of aryl methyl sites for hydroxylation is 1. The molecule has 0 saturated carbocycles. The largest absolute Gasteiger partial charge is 0.462 e. The molecule has 8 heteroatoms. The highest BCUT2D eigenvalue weighted by Gasteiger charge is 2.22. The fraction of sp³-hybridized carbons (Fsp3) is 0.400. The molecule has 0 bridgehead atoms. The lowest BCUT2D eigenvalue weighted by molar-refractivity contribution is -0.117. The van der Waals surface area contributed by atoms with Crippen LogP contribution >= 0.6 is 11.3 Å². The lowest BCUT2D eigenvalue weighted by Crippen LogP contribution is -2.48. The summed E-state index contributed by atoms with van der Waals surface area (Å²) >= 11 is 1.37. The van der Waals surface area contributed by atoms with Crippen LogP contribution in [0.3, 0.4) is 0 Å². The summed E-state index contributed by atoms with van der Waals surface area (Å²) < 4.78 is 18.1. The molecule has 6 nitrogen and oxygen atoms in total. The first-order valence-corrected chi connectivity index (χ1v) is 10.1. The SMILES string of the molecule is CCOC(=O)c1cc(C)sc1NC(=O)CN1CCN(c2ccc(F)cc2)CC1. The maximum absolute atomic E-state index is 13.1. The number of ether oxygens (including phenoxy) is 1. The summed E-state index contributed by atoms with van der Waals surface area (Å²) in [4.78, 5) is 29.7. The van der Waals surface area contributed by atoms with Crippen LogP contribution in [-0.2, 0) is 9.53 Å². The smallest absolute Gasteiger partial charge is 0.341 e. The molecule has 0 atom stereocenters. The second-order valence-electron chi connectivity index (χ2n) is 6.61. The van der Waals surface area contributed by atoms with E-state index in [4.69, 9.17) is 4.74 Å². The van der Waals surface area contributed by atoms with E-state index in [0.29, 0.717) is 17.2 Å². The Kier molecular flexibility index (Phi) is 6.64. The van der Waals surface area contributed by atoms with Gasteiger partial charge in [-0.2, -0.15) is 0 Å². The van der Waals surface area contributed by atoms with Gasteiger partial charge >= 0.3 is 5.97 Å². The van der Waals surface area contributed by atoms with Gasteiger partial charge in [0.15, 0.2) is 0 Å². The summed E-state index contributed by atoms with van der Waals surface area (Å²) in [5.41, 5.74) is 1.39. The third-order valence-electron chi connectivity index (χ3n) is 4.53. The summed E-state index contributed by atoms with van der Waals surface area (Å²) in [6.45, 7) is 7.20. The monoisotopic (exact) mass is 405 g/mol. The van der Waals surface area contributed by atoms with Gasteiger partial charge in [0.2, 0.25) is 5.91 Å². The minimum absolute atomic E-state index is 0.150. The Morgan fingerprint density at radius 3 is 2.50 bits per heavy atom. The summed E-state index contributed by atoms with van der Waals surface area (Å²) in [5, 5.41) is 3.38. The van der Waals surface area contributed by atoms with Crippen LogP contribution in [0.15, 0.2) is 30.3 Å². The van der Waals surface area contributed by atoms with Crippen molar-refractivity contribution >= 4 is 33.9 Å². The fourth-order valence-electron chi connectivity index (χ4n) is 3.15. The number of piperazine rings is 1. The molecule has 3 rings (SSSR count). The molecule has 1 N–H and O–H groups in total. The van der Waals surface area contributed by atoms with Crippen molar-refractivity contribution < 1.29 is 18.7 Å². The third-order valence-corrected chi connectivity index (χ3v) is 5.50. The van der Waals surface area contributed by atoms with Gasteiger partial charge in [-0.25, -0.2) is 9.18 Å². The Morgan fingerprint density at radius 2 is 1.86 bits per heavy atom. The fourth-order valence-corrected chi connectivity index (χ4v) is 4.07. The molecule has 0 spiro atoms. The minimum Gasteiger partial charge on any atom is -0.462 e. The zero-order chi connectivity index (χ0) is 20.1. The minimum atomic E-state index is -0.421. The van der Waals surface area contributed by atoms with Crippen LogP contribution in [0.1, 0.15) is 22.2 Å². The second kappa shape index (κ2) is 9.16. The maximum atomic E-state index is 13.1. The summed E-state index contributed by atoms with van der Waals surface area (Å²) in [6.07, 6.45) is 0. The molecule has 150 valence electrons. The predicted octanol–water partition coefficient (Wildman–Crippen LogP) is 3.13. The van der Waals surface area contributed by atoms with Crippen molar-refractivity contribution in [3.63, 3.8) is 0 Å². The van der Waals surface area contributed by atoms with E-state index in [1.54, 1.807) is 25.1 Å². The number of rotatable bonds is 6. The van der Waals surface area contributed by atoms with E-state index < -0.39 is 5.97 Å². The van der Waals surface area contributed by atoms with Gasteiger partial charge in [0.05, 0.1) is 18.7 Å². The Balaban J connectivity index is 1.52. The third kappa shape index (κ3) is 5.08. The molecule has 1 aromatic heterocycles. The van der Waals surface area contributed by atoms with Gasteiger partial charge in [-0.1, -0.05) is 0 Å². The van der Waals surface area contributed by atoms with Crippen LogP contribution in [0.25, 0.3) is 0 Å². The van der Waals surface area contributed by atoms with Gasteiger partial charge in [0.25, 0.3) is 0 Å². The first kappa shape index (κ1) is 20.3.